The number of amides is 1. The second-order valence-corrected chi connectivity index (χ2v) is 10.2. The van der Waals surface area contributed by atoms with Crippen LogP contribution in [-0.4, -0.2) is 38.3 Å². The molecule has 38 heavy (non-hydrogen) atoms. The molecule has 0 spiro atoms. The average molecular weight is 576 g/mol. The van der Waals surface area contributed by atoms with Crippen LogP contribution in [0, 0.1) is 0 Å². The topological polar surface area (TPSA) is 85.9 Å². The Morgan fingerprint density at radius 3 is 2.63 bits per heavy atom. The minimum Gasteiger partial charge on any atom is -0.351 e. The normalized spacial score (nSPS) is 18.8. The Labute approximate surface area is 234 Å². The van der Waals surface area contributed by atoms with Crippen LogP contribution in [0.25, 0.3) is 11.0 Å². The van der Waals surface area contributed by atoms with Crippen LogP contribution in [0.5, 0.6) is 0 Å². The number of halogens is 1. The largest absolute Gasteiger partial charge is 0.351 e. The number of aromatic amines is 1. The van der Waals surface area contributed by atoms with Crippen molar-refractivity contribution in [2.45, 2.75) is 63.8 Å². The van der Waals surface area contributed by atoms with Gasteiger partial charge >= 0.3 is 0 Å². The monoisotopic (exact) mass is 574 g/mol. The molecule has 8 heteroatoms. The predicted molar refractivity (Wildman–Crippen MR) is 155 cm³/mol. The number of imidazole rings is 1. The Morgan fingerprint density at radius 1 is 0.974 bits per heavy atom. The fourth-order valence-electron chi connectivity index (χ4n) is 5.71. The van der Waals surface area contributed by atoms with E-state index in [4.69, 9.17) is 9.97 Å². The molecule has 3 heterocycles. The van der Waals surface area contributed by atoms with Crippen molar-refractivity contribution in [2.24, 2.45) is 0 Å². The van der Waals surface area contributed by atoms with E-state index in [1.807, 2.05) is 24.4 Å². The maximum absolute atomic E-state index is 12.3. The fourth-order valence-corrected chi connectivity index (χ4v) is 5.71. The number of para-hydroxylation sites is 2. The van der Waals surface area contributed by atoms with Gasteiger partial charge in [0.25, 0.3) is 0 Å². The molecule has 3 N–H and O–H groups in total. The highest BCUT2D eigenvalue weighted by atomic mass is 79.9. The van der Waals surface area contributed by atoms with Crippen LogP contribution in [0.2, 0.25) is 0 Å². The van der Waals surface area contributed by atoms with E-state index in [1.54, 1.807) is 0 Å². The maximum Gasteiger partial charge on any atom is 0.237 e. The summed E-state index contributed by atoms with van der Waals surface area (Å²) in [5.41, 5.74) is 6.98. The van der Waals surface area contributed by atoms with E-state index in [-0.39, 0.29) is 35.0 Å². The van der Waals surface area contributed by atoms with Gasteiger partial charge in [-0.05, 0) is 73.5 Å². The van der Waals surface area contributed by atoms with Gasteiger partial charge in [0.2, 0.25) is 5.91 Å². The van der Waals surface area contributed by atoms with Crippen molar-refractivity contribution in [3.63, 3.8) is 0 Å². The number of nitrogens with zero attached hydrogens (tertiary/aromatic N) is 3. The molecule has 2 atom stereocenters. The number of hydrogen-bond donors (Lipinski definition) is 3. The molecule has 1 saturated heterocycles. The third-order valence-electron chi connectivity index (χ3n) is 7.65. The first-order valence-electron chi connectivity index (χ1n) is 13.4. The van der Waals surface area contributed by atoms with E-state index >= 15 is 0 Å². The number of carbonyl (C=O) groups excluding carboxylic acids is 1. The molecule has 0 saturated carbocycles. The minimum absolute atomic E-state index is 0. The van der Waals surface area contributed by atoms with Gasteiger partial charge in [-0.1, -0.05) is 42.5 Å². The Balaban J connectivity index is 0.00000294. The molecule has 1 fully saturated rings. The fraction of sp³-hybridized carbons (Fsp3) is 0.367. The van der Waals surface area contributed by atoms with Gasteiger partial charge in [0.1, 0.15) is 5.82 Å². The highest BCUT2D eigenvalue weighted by Gasteiger charge is 2.28. The van der Waals surface area contributed by atoms with Gasteiger partial charge in [0.15, 0.2) is 0 Å². The van der Waals surface area contributed by atoms with Crippen LogP contribution in [0.15, 0.2) is 66.9 Å². The van der Waals surface area contributed by atoms with Crippen molar-refractivity contribution in [1.29, 1.82) is 0 Å². The number of carbonyl (C=O) groups is 1. The summed E-state index contributed by atoms with van der Waals surface area (Å²) in [5.74, 6) is 1.08. The quantitative estimate of drug-likeness (QED) is 0.276. The molecule has 198 valence electrons. The summed E-state index contributed by atoms with van der Waals surface area (Å²) < 4.78 is 0. The van der Waals surface area contributed by atoms with Gasteiger partial charge in [-0.2, -0.15) is 0 Å². The third-order valence-corrected chi connectivity index (χ3v) is 7.65. The van der Waals surface area contributed by atoms with Gasteiger partial charge in [-0.15, -0.1) is 17.0 Å². The Hall–Kier alpha value is -3.07. The summed E-state index contributed by atoms with van der Waals surface area (Å²) in [6, 6.07) is 21.3. The number of pyridine rings is 1. The van der Waals surface area contributed by atoms with Gasteiger partial charge in [-0.25, -0.2) is 4.98 Å². The number of H-pyrrole nitrogens is 1. The second kappa shape index (κ2) is 12.2. The standard InChI is InChI=1S/C30H34N6O.BrH/c37-30(26-10-5-16-31-26)33-18-21-12-14-22(15-13-21)19-36(20-28-34-24-8-1-2-9-25(24)35-28)27-11-3-6-23-7-4-17-32-29(23)27;/h1-2,4,7-9,12-15,17,26-27,31H,3,5-6,10-11,16,18-20H2,(H,33,37)(H,34,35);1H/t26?,27-;/m0./s1. The van der Waals surface area contributed by atoms with E-state index in [1.165, 1.54) is 16.8 Å². The molecule has 1 unspecified atom stereocenters. The zero-order valence-electron chi connectivity index (χ0n) is 21.5. The number of aromatic nitrogens is 3. The molecule has 4 aromatic rings. The number of hydrogen-bond acceptors (Lipinski definition) is 5. The maximum atomic E-state index is 12.3. The van der Waals surface area contributed by atoms with Gasteiger partial charge in [-0.3, -0.25) is 14.7 Å². The van der Waals surface area contributed by atoms with Crippen LogP contribution in [0.4, 0.5) is 0 Å². The van der Waals surface area contributed by atoms with Crippen molar-refractivity contribution < 1.29 is 4.79 Å². The number of fused-ring (bicyclic) bond motifs is 2. The first kappa shape index (κ1) is 26.5. The van der Waals surface area contributed by atoms with Gasteiger partial charge in [0, 0.05) is 19.3 Å². The summed E-state index contributed by atoms with van der Waals surface area (Å²) in [6.45, 7) is 3.01. The summed E-state index contributed by atoms with van der Waals surface area (Å²) in [5, 5.41) is 6.34. The molecular formula is C30H35BrN6O. The van der Waals surface area contributed by atoms with E-state index < -0.39 is 0 Å². The summed E-state index contributed by atoms with van der Waals surface area (Å²) in [7, 11) is 0. The molecule has 1 amide bonds. The summed E-state index contributed by atoms with van der Waals surface area (Å²) >= 11 is 0. The van der Waals surface area contributed by atoms with Crippen molar-refractivity contribution >= 4 is 33.9 Å². The molecule has 1 aliphatic heterocycles. The van der Waals surface area contributed by atoms with E-state index in [2.05, 4.69) is 63.0 Å². The molecule has 2 aromatic heterocycles. The zero-order valence-corrected chi connectivity index (χ0v) is 23.2. The van der Waals surface area contributed by atoms with E-state index in [9.17, 15) is 4.79 Å². The predicted octanol–water partition coefficient (Wildman–Crippen LogP) is 4.98. The average Bonchev–Trinajstić information content (AvgIpc) is 3.62. The molecule has 2 aromatic carbocycles. The summed E-state index contributed by atoms with van der Waals surface area (Å²) in [4.78, 5) is 28.1. The first-order valence-corrected chi connectivity index (χ1v) is 13.4. The smallest absolute Gasteiger partial charge is 0.237 e. The molecule has 6 rings (SSSR count). The lowest BCUT2D eigenvalue weighted by Crippen LogP contribution is -2.39. The second-order valence-electron chi connectivity index (χ2n) is 10.2. The number of benzene rings is 2. The van der Waals surface area contributed by atoms with Crippen LogP contribution >= 0.6 is 17.0 Å². The van der Waals surface area contributed by atoms with Crippen molar-refractivity contribution in [1.82, 2.24) is 30.5 Å². The van der Waals surface area contributed by atoms with Crippen molar-refractivity contribution in [3.05, 3.63) is 95.1 Å². The lowest BCUT2D eigenvalue weighted by atomic mass is 9.90. The molecule has 0 radical (unpaired) electrons. The van der Waals surface area contributed by atoms with Gasteiger partial charge in [0.05, 0.1) is 35.4 Å². The highest BCUT2D eigenvalue weighted by molar-refractivity contribution is 8.93. The first-order chi connectivity index (χ1) is 18.2. The molecular weight excluding hydrogens is 540 g/mol. The lowest BCUT2D eigenvalue weighted by molar-refractivity contribution is -0.122. The van der Waals surface area contributed by atoms with Gasteiger partial charge < -0.3 is 15.6 Å². The highest BCUT2D eigenvalue weighted by Crippen LogP contribution is 2.34. The van der Waals surface area contributed by atoms with Crippen molar-refractivity contribution in [2.75, 3.05) is 6.54 Å². The minimum atomic E-state index is -0.0435. The number of nitrogens with one attached hydrogen (secondary N) is 3. The van der Waals surface area contributed by atoms with Crippen LogP contribution in [0.3, 0.4) is 0 Å². The third kappa shape index (κ3) is 5.98. The molecule has 2 aliphatic rings. The Kier molecular flexibility index (Phi) is 8.51. The van der Waals surface area contributed by atoms with E-state index in [0.29, 0.717) is 6.54 Å². The van der Waals surface area contributed by atoms with E-state index in [0.717, 1.165) is 74.2 Å². The van der Waals surface area contributed by atoms with Crippen LogP contribution in [-0.2, 0) is 30.8 Å². The Bertz CT molecular complexity index is 1330. The molecule has 0 bridgehead atoms. The zero-order chi connectivity index (χ0) is 25.0. The number of aryl methyl sites for hydroxylation is 1. The Morgan fingerprint density at radius 2 is 1.82 bits per heavy atom. The SMILES string of the molecule is Br.O=C(NCc1ccc(CN(Cc2nc3ccccc3[nH]2)[C@H]2CCCc3cccnc32)cc1)C1CCCN1. The van der Waals surface area contributed by atoms with Crippen LogP contribution in [0.1, 0.15) is 59.9 Å². The lowest BCUT2D eigenvalue weighted by Gasteiger charge is -2.34. The molecule has 1 aliphatic carbocycles. The van der Waals surface area contributed by atoms with Crippen molar-refractivity contribution in [3.8, 4) is 0 Å². The summed E-state index contributed by atoms with van der Waals surface area (Å²) in [6.07, 6.45) is 7.25. The number of rotatable bonds is 8. The van der Waals surface area contributed by atoms with Crippen LogP contribution < -0.4 is 10.6 Å². The molecule has 7 nitrogen and oxygen atoms in total.